The predicted octanol–water partition coefficient (Wildman–Crippen LogP) is 10.8. The van der Waals surface area contributed by atoms with E-state index in [0.717, 1.165) is 83.9 Å². The minimum absolute atomic E-state index is 0.0336. The minimum Gasteiger partial charge on any atom is -0.424 e. The van der Waals surface area contributed by atoms with E-state index >= 15 is 0 Å². The molecule has 3 aliphatic heterocycles. The van der Waals surface area contributed by atoms with Crippen molar-refractivity contribution in [2.75, 3.05) is 0 Å². The molecule has 0 bridgehead atoms. The molecule has 0 aromatic heterocycles. The Hall–Kier alpha value is -4.60. The summed E-state index contributed by atoms with van der Waals surface area (Å²) in [6.45, 7) is 8.31. The third-order valence-corrected chi connectivity index (χ3v) is 15.2. The van der Waals surface area contributed by atoms with Crippen molar-refractivity contribution in [3.63, 3.8) is 0 Å². The van der Waals surface area contributed by atoms with Crippen LogP contribution >= 0.6 is 47.0 Å². The van der Waals surface area contributed by atoms with Crippen molar-refractivity contribution in [1.82, 2.24) is 10.0 Å². The Morgan fingerprint density at radius 1 is 0.638 bits per heavy atom. The molecular formula is C44H44N4O6S4. The average Bonchev–Trinajstić information content (AvgIpc) is 3.93. The summed E-state index contributed by atoms with van der Waals surface area (Å²) in [5.74, 6) is -2.20. The Morgan fingerprint density at radius 3 is 1.40 bits per heavy atom. The quantitative estimate of drug-likeness (QED) is 0.0445. The number of rotatable bonds is 16. The molecular weight excluding hydrogens is 809 g/mol. The van der Waals surface area contributed by atoms with Crippen molar-refractivity contribution in [2.45, 2.75) is 112 Å². The number of benzene rings is 3. The monoisotopic (exact) mass is 852 g/mol. The lowest BCUT2D eigenvalue weighted by Crippen LogP contribution is -2.39. The number of hydrazine groups is 1. The molecule has 1 fully saturated rings. The predicted molar refractivity (Wildman–Crippen MR) is 227 cm³/mol. The van der Waals surface area contributed by atoms with Gasteiger partial charge in [-0.05, 0) is 36.8 Å². The molecule has 2 unspecified atom stereocenters. The van der Waals surface area contributed by atoms with Gasteiger partial charge in [0.2, 0.25) is 0 Å². The molecule has 2 amide bonds. The van der Waals surface area contributed by atoms with Crippen molar-refractivity contribution < 1.29 is 28.7 Å². The number of unbranched alkanes of at least 4 members (excludes halogenated alkanes) is 2. The zero-order valence-electron chi connectivity index (χ0n) is 32.9. The molecule has 3 aromatic rings. The largest absolute Gasteiger partial charge is 0.424 e. The fourth-order valence-electron chi connectivity index (χ4n) is 6.72. The lowest BCUT2D eigenvalue weighted by molar-refractivity contribution is -0.149. The average molecular weight is 853 g/mol. The Bertz CT molecular complexity index is 2080. The number of carbonyl (C=O) groups excluding carboxylic acids is 4. The highest BCUT2D eigenvalue weighted by molar-refractivity contribution is 8.26. The summed E-state index contributed by atoms with van der Waals surface area (Å²) in [5.41, 5.74) is 1.54. The van der Waals surface area contributed by atoms with E-state index in [1.807, 2.05) is 86.6 Å². The number of hydrogen-bond donors (Lipinski definition) is 0. The second-order valence-corrected chi connectivity index (χ2v) is 18.6. The van der Waals surface area contributed by atoms with Crippen LogP contribution in [0.4, 0.5) is 0 Å². The van der Waals surface area contributed by atoms with Gasteiger partial charge in [0.05, 0.1) is 53.0 Å². The van der Waals surface area contributed by atoms with Gasteiger partial charge in [0.15, 0.2) is 11.5 Å². The highest BCUT2D eigenvalue weighted by Crippen LogP contribution is 2.68. The molecule has 58 heavy (non-hydrogen) atoms. The third-order valence-electron chi connectivity index (χ3n) is 10.1. The summed E-state index contributed by atoms with van der Waals surface area (Å²) in [6.07, 6.45) is 5.88. The molecule has 0 saturated carbocycles. The first kappa shape index (κ1) is 43.0. The number of hydrogen-bond acceptors (Lipinski definition) is 12. The highest BCUT2D eigenvalue weighted by atomic mass is 32.2. The van der Waals surface area contributed by atoms with Crippen LogP contribution in [0.3, 0.4) is 0 Å². The van der Waals surface area contributed by atoms with Crippen LogP contribution in [-0.4, -0.2) is 33.8 Å². The lowest BCUT2D eigenvalue weighted by atomic mass is 10.00. The van der Waals surface area contributed by atoms with Crippen molar-refractivity contribution in [1.29, 1.82) is 10.5 Å². The summed E-state index contributed by atoms with van der Waals surface area (Å²) < 4.78 is 13.4. The first-order valence-corrected chi connectivity index (χ1v) is 22.8. The van der Waals surface area contributed by atoms with Gasteiger partial charge in [-0.15, -0.1) is 0 Å². The van der Waals surface area contributed by atoms with Crippen LogP contribution in [0.2, 0.25) is 0 Å². The minimum atomic E-state index is -0.477. The second-order valence-electron chi connectivity index (χ2n) is 14.0. The maximum absolute atomic E-state index is 14.6. The molecule has 14 heteroatoms. The van der Waals surface area contributed by atoms with Crippen molar-refractivity contribution >= 4 is 70.8 Å². The van der Waals surface area contributed by atoms with Gasteiger partial charge in [-0.25, -0.2) is 10.0 Å². The normalized spacial score (nSPS) is 15.5. The van der Waals surface area contributed by atoms with Crippen LogP contribution in [0.1, 0.15) is 90.2 Å². The summed E-state index contributed by atoms with van der Waals surface area (Å²) >= 11 is 4.49. The van der Waals surface area contributed by atoms with E-state index in [2.05, 4.69) is 13.8 Å². The Morgan fingerprint density at radius 2 is 1.03 bits per heavy atom. The number of carbonyl (C=O) groups is 4. The molecule has 3 aromatic carbocycles. The Kier molecular flexibility index (Phi) is 14.8. The van der Waals surface area contributed by atoms with Gasteiger partial charge < -0.3 is 9.47 Å². The Labute approximate surface area is 356 Å². The van der Waals surface area contributed by atoms with E-state index in [0.29, 0.717) is 53.7 Å². The molecule has 2 atom stereocenters. The number of amides is 2. The van der Waals surface area contributed by atoms with E-state index in [9.17, 15) is 29.7 Å². The number of nitrogens with zero attached hydrogens (tertiary/aromatic N) is 4. The van der Waals surface area contributed by atoms with Crippen molar-refractivity contribution in [3.05, 3.63) is 91.4 Å². The molecule has 3 heterocycles. The zero-order chi connectivity index (χ0) is 41.3. The summed E-state index contributed by atoms with van der Waals surface area (Å²) in [6, 6.07) is 22.8. The van der Waals surface area contributed by atoms with Crippen LogP contribution in [0.25, 0.3) is 0 Å². The molecule has 10 nitrogen and oxygen atoms in total. The van der Waals surface area contributed by atoms with E-state index in [4.69, 9.17) is 9.47 Å². The SMILES string of the molecule is CCCCC(CC)C(=O)Oc1c2c(c(OC(=O)C(CC)CCCC)c3c1SC(=C1C(=O)N(Cc4ccccc4)N(Cc4ccccc4)C1=O)S3)SC(=C(C#N)C#N)S2. The lowest BCUT2D eigenvalue weighted by Gasteiger charge is -2.27. The van der Waals surface area contributed by atoms with Gasteiger partial charge in [0, 0.05) is 0 Å². The van der Waals surface area contributed by atoms with E-state index in [1.165, 1.54) is 10.0 Å². The number of allylic oxidation sites excluding steroid dienone is 1. The molecule has 300 valence electrons. The molecule has 6 rings (SSSR count). The van der Waals surface area contributed by atoms with Crippen LogP contribution < -0.4 is 9.47 Å². The molecule has 0 aliphatic carbocycles. The van der Waals surface area contributed by atoms with Crippen LogP contribution in [-0.2, 0) is 32.3 Å². The van der Waals surface area contributed by atoms with Gasteiger partial charge in [0.25, 0.3) is 11.8 Å². The van der Waals surface area contributed by atoms with Crippen LogP contribution in [0, 0.1) is 34.5 Å². The molecule has 3 aliphatic rings. The van der Waals surface area contributed by atoms with Crippen molar-refractivity contribution in [2.24, 2.45) is 11.8 Å². The first-order valence-electron chi connectivity index (χ1n) is 19.6. The first-order chi connectivity index (χ1) is 28.2. The summed E-state index contributed by atoms with van der Waals surface area (Å²) in [5, 5.41) is 22.6. The number of fused-ring (bicyclic) bond motifs is 2. The second kappa shape index (κ2) is 19.9. The summed E-state index contributed by atoms with van der Waals surface area (Å²) in [4.78, 5) is 58.7. The van der Waals surface area contributed by atoms with Gasteiger partial charge in [-0.2, -0.15) is 10.5 Å². The Balaban J connectivity index is 1.51. The maximum atomic E-state index is 14.6. The van der Waals surface area contributed by atoms with Crippen LogP contribution in [0.5, 0.6) is 11.5 Å². The van der Waals surface area contributed by atoms with E-state index in [1.54, 1.807) is 0 Å². The van der Waals surface area contributed by atoms with Gasteiger partial charge in [0.1, 0.15) is 23.3 Å². The standard InChI is InChI=1S/C44H44N4O6S4/c1-5-9-21-29(7-3)41(51)53-33-35-36(56-43(55-35)31(23-45)24-46)34(54-42(52)30(8-4)22-10-6-2)38-37(33)57-44(58-38)32-39(49)47(25-27-17-13-11-14-18-27)48(40(32)50)26-28-19-15-12-16-20-28/h11-20,29-30H,5-10,21-22,25-26H2,1-4H3. The molecule has 1 saturated heterocycles. The highest BCUT2D eigenvalue weighted by Gasteiger charge is 2.47. The fourth-order valence-corrected chi connectivity index (χ4v) is 12.1. The fraction of sp³-hybridized carbons (Fsp3) is 0.364. The molecule has 0 radical (unpaired) electrons. The maximum Gasteiger partial charge on any atom is 0.314 e. The zero-order valence-corrected chi connectivity index (χ0v) is 36.1. The molecule has 0 spiro atoms. The smallest absolute Gasteiger partial charge is 0.314 e. The van der Waals surface area contributed by atoms with E-state index < -0.39 is 23.8 Å². The molecule has 0 N–H and O–H groups in total. The van der Waals surface area contributed by atoms with Gasteiger partial charge in [-0.3, -0.25) is 19.2 Å². The van der Waals surface area contributed by atoms with E-state index in [-0.39, 0.29) is 47.6 Å². The van der Waals surface area contributed by atoms with Crippen molar-refractivity contribution in [3.8, 4) is 23.6 Å². The van der Waals surface area contributed by atoms with Crippen LogP contribution in [0.15, 0.2) is 99.9 Å². The van der Waals surface area contributed by atoms with Gasteiger partial charge >= 0.3 is 11.9 Å². The number of nitriles is 2. The van der Waals surface area contributed by atoms with Gasteiger partial charge in [-0.1, -0.05) is 161 Å². The number of thioether (sulfide) groups is 4. The third kappa shape index (κ3) is 9.16. The summed E-state index contributed by atoms with van der Waals surface area (Å²) in [7, 11) is 0. The number of ether oxygens (including phenoxy) is 2. The topological polar surface area (TPSA) is 141 Å². The number of esters is 2.